The van der Waals surface area contributed by atoms with Crippen molar-refractivity contribution in [3.63, 3.8) is 0 Å². The third-order valence-corrected chi connectivity index (χ3v) is 7.91. The second-order valence-electron chi connectivity index (χ2n) is 10.7. The molecule has 0 unspecified atom stereocenters. The molecule has 0 spiro atoms. The molecule has 2 heteroatoms. The van der Waals surface area contributed by atoms with Crippen molar-refractivity contribution < 1.29 is 25.0 Å². The van der Waals surface area contributed by atoms with Crippen molar-refractivity contribution in [3.8, 4) is 22.3 Å². The zero-order chi connectivity index (χ0) is 43.5. The molecular formula is C44H29NO. The fourth-order valence-electron chi connectivity index (χ4n) is 5.74. The Kier molecular flexibility index (Phi) is 3.58. The fraction of sp³-hybridized carbons (Fsp3) is 0. The lowest BCUT2D eigenvalue weighted by molar-refractivity contribution is 0.669. The molecule has 0 atom stereocenters. The standard InChI is InChI=1S/C44H29NO/c1-3-9-30(10-4-1)32-15-16-35-29-39(24-19-34(35)27-32)45(37-11-5-2-6-12-37)38-22-17-31(18-23-38)33-20-25-40-36(28-33)21-26-43-44(40)41-13-7-8-14-42(41)46-43/h1-29H/i1D,3D,4D,7D,8D,9D,10D,13D,17D,18D,21D,22D,23D,25D,26D. The molecule has 0 aliphatic rings. The lowest BCUT2D eigenvalue weighted by atomic mass is 9.98. The van der Waals surface area contributed by atoms with Gasteiger partial charge >= 0.3 is 0 Å². The summed E-state index contributed by atoms with van der Waals surface area (Å²) in [7, 11) is 0. The lowest BCUT2D eigenvalue weighted by Crippen LogP contribution is -2.09. The Morgan fingerprint density at radius 2 is 1.15 bits per heavy atom. The van der Waals surface area contributed by atoms with Crippen molar-refractivity contribution in [3.05, 3.63) is 176 Å². The minimum atomic E-state index is -0.487. The molecule has 0 fully saturated rings. The van der Waals surface area contributed by atoms with Crippen LogP contribution in [-0.4, -0.2) is 0 Å². The Balaban J connectivity index is 1.21. The van der Waals surface area contributed by atoms with Crippen molar-refractivity contribution >= 4 is 60.5 Å². The Morgan fingerprint density at radius 1 is 0.413 bits per heavy atom. The SMILES string of the molecule is [2H]c1cc2oc3c([2H])c([2H])c4cc(-c5c([2H])c([2H])c(N(c6ccccc6)c6ccc7cc(-c8c([2H])c([2H])c([2H])c([2H])c8[2H])ccc7c6)c([2H])c5[2H])cc([2H])c4c3c2c([2H])c1[2H]. The van der Waals surface area contributed by atoms with Crippen molar-refractivity contribution in [1.82, 2.24) is 0 Å². The summed E-state index contributed by atoms with van der Waals surface area (Å²) >= 11 is 0. The number of nitrogens with zero attached hydrogens (tertiary/aromatic N) is 1. The summed E-state index contributed by atoms with van der Waals surface area (Å²) in [5.41, 5.74) is 1.33. The zero-order valence-electron chi connectivity index (χ0n) is 38.9. The maximum Gasteiger partial charge on any atom is 0.136 e. The predicted octanol–water partition coefficient (Wildman–Crippen LogP) is 12.7. The summed E-state index contributed by atoms with van der Waals surface area (Å²) in [4.78, 5) is 1.60. The van der Waals surface area contributed by atoms with Crippen LogP contribution in [0.15, 0.2) is 180 Å². The molecule has 1 aromatic heterocycles. The van der Waals surface area contributed by atoms with Gasteiger partial charge in [0.15, 0.2) is 0 Å². The number of furan rings is 1. The van der Waals surface area contributed by atoms with E-state index in [1.807, 2.05) is 0 Å². The van der Waals surface area contributed by atoms with Crippen LogP contribution in [0.1, 0.15) is 20.6 Å². The second kappa shape index (κ2) is 10.8. The molecule has 8 aromatic carbocycles. The van der Waals surface area contributed by atoms with Gasteiger partial charge in [0.1, 0.15) is 11.2 Å². The van der Waals surface area contributed by atoms with E-state index in [1.54, 1.807) is 71.6 Å². The predicted molar refractivity (Wildman–Crippen MR) is 194 cm³/mol. The zero-order valence-corrected chi connectivity index (χ0v) is 23.9. The number of hydrogen-bond donors (Lipinski definition) is 0. The molecule has 46 heavy (non-hydrogen) atoms. The van der Waals surface area contributed by atoms with Gasteiger partial charge in [-0.05, 0) is 104 Å². The van der Waals surface area contributed by atoms with Crippen LogP contribution in [-0.2, 0) is 0 Å². The van der Waals surface area contributed by atoms with E-state index in [0.29, 0.717) is 27.7 Å². The van der Waals surface area contributed by atoms with Crippen LogP contribution in [0.4, 0.5) is 17.1 Å². The normalized spacial score (nSPS) is 16.0. The molecule has 1 heterocycles. The van der Waals surface area contributed by atoms with Crippen LogP contribution >= 0.6 is 0 Å². The van der Waals surface area contributed by atoms with Gasteiger partial charge in [0.2, 0.25) is 0 Å². The molecule has 0 aliphatic heterocycles. The van der Waals surface area contributed by atoms with Crippen molar-refractivity contribution in [2.24, 2.45) is 0 Å². The Hall–Kier alpha value is -6.12. The second-order valence-corrected chi connectivity index (χ2v) is 10.7. The third-order valence-electron chi connectivity index (χ3n) is 7.91. The maximum absolute atomic E-state index is 9.37. The molecule has 0 radical (unpaired) electrons. The van der Waals surface area contributed by atoms with Crippen molar-refractivity contribution in [1.29, 1.82) is 0 Å². The number of benzene rings is 8. The summed E-state index contributed by atoms with van der Waals surface area (Å²) in [6.45, 7) is 0. The minimum absolute atomic E-state index is 0.0611. The van der Waals surface area contributed by atoms with Crippen molar-refractivity contribution in [2.75, 3.05) is 4.90 Å². The van der Waals surface area contributed by atoms with Gasteiger partial charge in [-0.1, -0.05) is 115 Å². The quantitative estimate of drug-likeness (QED) is 0.195. The Bertz CT molecular complexity index is 3330. The van der Waals surface area contributed by atoms with E-state index in [-0.39, 0.29) is 103 Å². The summed E-state index contributed by atoms with van der Waals surface area (Å²) < 4.78 is 136. The van der Waals surface area contributed by atoms with E-state index in [9.17, 15) is 5.48 Å². The molecule has 0 N–H and O–H groups in total. The van der Waals surface area contributed by atoms with Gasteiger partial charge in [0.05, 0.1) is 20.6 Å². The van der Waals surface area contributed by atoms with Crippen LogP contribution in [0.25, 0.3) is 65.7 Å². The summed E-state index contributed by atoms with van der Waals surface area (Å²) in [6.07, 6.45) is 0. The molecule has 0 saturated carbocycles. The van der Waals surface area contributed by atoms with Crippen molar-refractivity contribution in [2.45, 2.75) is 0 Å². The Labute approximate surface area is 288 Å². The molecular weight excluding hydrogens is 558 g/mol. The van der Waals surface area contributed by atoms with Gasteiger partial charge in [-0.3, -0.25) is 0 Å². The number of hydrogen-bond acceptors (Lipinski definition) is 2. The highest BCUT2D eigenvalue weighted by Crippen LogP contribution is 2.39. The van der Waals surface area contributed by atoms with Gasteiger partial charge in [0.25, 0.3) is 0 Å². The first-order valence-electron chi connectivity index (χ1n) is 21.9. The molecule has 9 rings (SSSR count). The van der Waals surface area contributed by atoms with Crippen LogP contribution < -0.4 is 4.90 Å². The van der Waals surface area contributed by atoms with E-state index in [1.165, 1.54) is 18.2 Å². The fourth-order valence-corrected chi connectivity index (χ4v) is 5.74. The van der Waals surface area contributed by atoms with Crippen LogP contribution in [0, 0.1) is 0 Å². The molecule has 0 amide bonds. The topological polar surface area (TPSA) is 16.4 Å². The summed E-state index contributed by atoms with van der Waals surface area (Å²) in [6, 6.07) is 17.7. The first-order valence-corrected chi connectivity index (χ1v) is 14.4. The van der Waals surface area contributed by atoms with E-state index in [2.05, 4.69) is 0 Å². The number of para-hydroxylation sites is 2. The van der Waals surface area contributed by atoms with Crippen LogP contribution in [0.3, 0.4) is 0 Å². The third kappa shape index (κ3) is 4.51. The van der Waals surface area contributed by atoms with E-state index < -0.39 is 42.3 Å². The molecule has 9 aromatic rings. The molecule has 0 aliphatic carbocycles. The summed E-state index contributed by atoms with van der Waals surface area (Å²) in [5.74, 6) is 0. The lowest BCUT2D eigenvalue weighted by Gasteiger charge is -2.26. The first kappa shape index (κ1) is 15.2. The number of fused-ring (bicyclic) bond motifs is 6. The van der Waals surface area contributed by atoms with Gasteiger partial charge in [-0.25, -0.2) is 0 Å². The first-order chi connectivity index (χ1) is 29.0. The largest absolute Gasteiger partial charge is 0.456 e. The maximum atomic E-state index is 9.37. The van der Waals surface area contributed by atoms with E-state index in [4.69, 9.17) is 19.5 Å². The average Bonchev–Trinajstić information content (AvgIpc) is 3.63. The van der Waals surface area contributed by atoms with Gasteiger partial charge in [-0.2, -0.15) is 0 Å². The summed E-state index contributed by atoms with van der Waals surface area (Å²) in [5, 5.41) is 1.84. The van der Waals surface area contributed by atoms with Crippen LogP contribution in [0.2, 0.25) is 0 Å². The molecule has 2 nitrogen and oxygen atoms in total. The number of anilines is 3. The highest BCUT2D eigenvalue weighted by Gasteiger charge is 2.15. The van der Waals surface area contributed by atoms with Gasteiger partial charge in [0, 0.05) is 27.8 Å². The molecule has 216 valence electrons. The van der Waals surface area contributed by atoms with E-state index >= 15 is 0 Å². The monoisotopic (exact) mass is 602 g/mol. The van der Waals surface area contributed by atoms with E-state index in [0.717, 1.165) is 0 Å². The smallest absolute Gasteiger partial charge is 0.136 e. The van der Waals surface area contributed by atoms with Crippen LogP contribution in [0.5, 0.6) is 0 Å². The number of rotatable bonds is 5. The van der Waals surface area contributed by atoms with Gasteiger partial charge < -0.3 is 9.32 Å². The molecule has 0 bridgehead atoms. The highest BCUT2D eigenvalue weighted by molar-refractivity contribution is 6.19. The highest BCUT2D eigenvalue weighted by atomic mass is 16.3. The Morgan fingerprint density at radius 3 is 2.02 bits per heavy atom. The van der Waals surface area contributed by atoms with Gasteiger partial charge in [-0.15, -0.1) is 0 Å². The average molecular weight is 603 g/mol. The molecule has 0 saturated heterocycles. The minimum Gasteiger partial charge on any atom is -0.456 e.